The molecule has 0 fully saturated rings. The number of hydrogen-bond acceptors (Lipinski definition) is 2. The minimum absolute atomic E-state index is 0.0538. The van der Waals surface area contributed by atoms with Crippen LogP contribution in [0.15, 0.2) is 11.1 Å². The first-order valence-electron chi connectivity index (χ1n) is 4.38. The van der Waals surface area contributed by atoms with Crippen LogP contribution in [-0.4, -0.2) is 13.1 Å². The molecule has 0 aliphatic heterocycles. The zero-order chi connectivity index (χ0) is 9.14. The maximum Gasteiger partial charge on any atom is 0.308 e. The lowest BCUT2D eigenvalue weighted by Crippen LogP contribution is -2.19. The molecular formula is C10H16O2. The second-order valence-corrected chi connectivity index (χ2v) is 3.52. The molecule has 1 rings (SSSR count). The fourth-order valence-electron chi connectivity index (χ4n) is 1.62. The maximum absolute atomic E-state index is 11.2. The van der Waals surface area contributed by atoms with E-state index < -0.39 is 0 Å². The Labute approximate surface area is 73.6 Å². The summed E-state index contributed by atoms with van der Waals surface area (Å²) in [5, 5.41) is 0. The summed E-state index contributed by atoms with van der Waals surface area (Å²) in [5.41, 5.74) is 2.80. The van der Waals surface area contributed by atoms with Crippen molar-refractivity contribution < 1.29 is 9.53 Å². The van der Waals surface area contributed by atoms with Crippen LogP contribution in [0, 0.1) is 5.92 Å². The third-order valence-electron chi connectivity index (χ3n) is 2.68. The lowest BCUT2D eigenvalue weighted by atomic mass is 9.85. The van der Waals surface area contributed by atoms with Gasteiger partial charge in [-0.1, -0.05) is 11.1 Å². The fourth-order valence-corrected chi connectivity index (χ4v) is 1.62. The molecule has 1 atom stereocenters. The standard InChI is InChI=1S/C10H16O2/c1-7-4-5-9(6-8(7)2)10(11)12-3/h9H,4-6H2,1-3H3/t9-/m1/s1. The quantitative estimate of drug-likeness (QED) is 0.443. The molecule has 12 heavy (non-hydrogen) atoms. The van der Waals surface area contributed by atoms with E-state index in [0.717, 1.165) is 19.3 Å². The Morgan fingerprint density at radius 2 is 2.08 bits per heavy atom. The Hall–Kier alpha value is -0.790. The molecule has 0 unspecified atom stereocenters. The second kappa shape index (κ2) is 3.74. The second-order valence-electron chi connectivity index (χ2n) is 3.52. The van der Waals surface area contributed by atoms with E-state index >= 15 is 0 Å². The van der Waals surface area contributed by atoms with Gasteiger partial charge in [-0.3, -0.25) is 4.79 Å². The van der Waals surface area contributed by atoms with E-state index in [1.807, 2.05) is 0 Å². The van der Waals surface area contributed by atoms with Crippen molar-refractivity contribution in [3.05, 3.63) is 11.1 Å². The van der Waals surface area contributed by atoms with Crippen molar-refractivity contribution in [1.82, 2.24) is 0 Å². The Bertz CT molecular complexity index is 216. The van der Waals surface area contributed by atoms with Crippen LogP contribution in [0.2, 0.25) is 0 Å². The van der Waals surface area contributed by atoms with Crippen LogP contribution in [0.25, 0.3) is 0 Å². The van der Waals surface area contributed by atoms with E-state index in [1.54, 1.807) is 0 Å². The van der Waals surface area contributed by atoms with Crippen molar-refractivity contribution in [3.8, 4) is 0 Å². The Morgan fingerprint density at radius 3 is 2.58 bits per heavy atom. The highest BCUT2D eigenvalue weighted by molar-refractivity contribution is 5.72. The van der Waals surface area contributed by atoms with Crippen molar-refractivity contribution in [1.29, 1.82) is 0 Å². The van der Waals surface area contributed by atoms with Crippen LogP contribution in [0.4, 0.5) is 0 Å². The van der Waals surface area contributed by atoms with Crippen LogP contribution in [0.1, 0.15) is 33.1 Å². The summed E-state index contributed by atoms with van der Waals surface area (Å²) in [5.74, 6) is 0.0561. The van der Waals surface area contributed by atoms with Gasteiger partial charge in [0, 0.05) is 0 Å². The number of ether oxygens (including phenoxy) is 1. The number of esters is 1. The molecule has 0 aromatic carbocycles. The summed E-state index contributed by atoms with van der Waals surface area (Å²) in [6.45, 7) is 4.24. The third-order valence-corrected chi connectivity index (χ3v) is 2.68. The van der Waals surface area contributed by atoms with Gasteiger partial charge in [0.15, 0.2) is 0 Å². The molecule has 1 aliphatic carbocycles. The van der Waals surface area contributed by atoms with Crippen molar-refractivity contribution >= 4 is 5.97 Å². The molecule has 0 saturated heterocycles. The molecule has 68 valence electrons. The van der Waals surface area contributed by atoms with E-state index in [-0.39, 0.29) is 11.9 Å². The highest BCUT2D eigenvalue weighted by atomic mass is 16.5. The van der Waals surface area contributed by atoms with Crippen molar-refractivity contribution in [2.45, 2.75) is 33.1 Å². The number of rotatable bonds is 1. The molecule has 0 spiro atoms. The fraction of sp³-hybridized carbons (Fsp3) is 0.700. The van der Waals surface area contributed by atoms with Crippen LogP contribution in [0.5, 0.6) is 0 Å². The normalized spacial score (nSPS) is 24.1. The minimum Gasteiger partial charge on any atom is -0.469 e. The Kier molecular flexibility index (Phi) is 2.90. The number of carbonyl (C=O) groups is 1. The van der Waals surface area contributed by atoms with Gasteiger partial charge in [-0.2, -0.15) is 0 Å². The predicted molar refractivity (Wildman–Crippen MR) is 47.7 cm³/mol. The van der Waals surface area contributed by atoms with Gasteiger partial charge >= 0.3 is 5.97 Å². The van der Waals surface area contributed by atoms with E-state index in [0.29, 0.717) is 0 Å². The average molecular weight is 168 g/mol. The average Bonchev–Trinajstić information content (AvgIpc) is 2.08. The Morgan fingerprint density at radius 1 is 1.42 bits per heavy atom. The molecule has 0 saturated carbocycles. The zero-order valence-electron chi connectivity index (χ0n) is 8.02. The molecule has 0 aromatic heterocycles. The molecule has 0 bridgehead atoms. The minimum atomic E-state index is -0.0538. The highest BCUT2D eigenvalue weighted by Gasteiger charge is 2.23. The van der Waals surface area contributed by atoms with Gasteiger partial charge in [-0.15, -0.1) is 0 Å². The summed E-state index contributed by atoms with van der Waals surface area (Å²) in [7, 11) is 1.46. The highest BCUT2D eigenvalue weighted by Crippen LogP contribution is 2.29. The van der Waals surface area contributed by atoms with Crippen molar-refractivity contribution in [2.24, 2.45) is 5.92 Å². The number of carbonyl (C=O) groups excluding carboxylic acids is 1. The van der Waals surface area contributed by atoms with Crippen molar-refractivity contribution in [2.75, 3.05) is 7.11 Å². The summed E-state index contributed by atoms with van der Waals surface area (Å²) < 4.78 is 4.71. The van der Waals surface area contributed by atoms with Crippen LogP contribution < -0.4 is 0 Å². The van der Waals surface area contributed by atoms with Crippen molar-refractivity contribution in [3.63, 3.8) is 0 Å². The Balaban J connectivity index is 2.60. The topological polar surface area (TPSA) is 26.3 Å². The van der Waals surface area contributed by atoms with E-state index in [1.165, 1.54) is 18.3 Å². The van der Waals surface area contributed by atoms with Gasteiger partial charge in [0.2, 0.25) is 0 Å². The first-order chi connectivity index (χ1) is 5.65. The van der Waals surface area contributed by atoms with Crippen LogP contribution >= 0.6 is 0 Å². The van der Waals surface area contributed by atoms with E-state index in [2.05, 4.69) is 13.8 Å². The molecule has 1 aliphatic rings. The van der Waals surface area contributed by atoms with Gasteiger partial charge in [0.05, 0.1) is 13.0 Å². The van der Waals surface area contributed by atoms with Gasteiger partial charge in [-0.05, 0) is 33.1 Å². The van der Waals surface area contributed by atoms with Crippen LogP contribution in [-0.2, 0) is 9.53 Å². The van der Waals surface area contributed by atoms with E-state index in [4.69, 9.17) is 4.74 Å². The summed E-state index contributed by atoms with van der Waals surface area (Å²) in [4.78, 5) is 11.2. The molecule has 0 amide bonds. The zero-order valence-corrected chi connectivity index (χ0v) is 8.02. The first kappa shape index (κ1) is 9.30. The number of methoxy groups -OCH3 is 1. The molecule has 0 aromatic rings. The first-order valence-corrected chi connectivity index (χ1v) is 4.38. The SMILES string of the molecule is COC(=O)[C@@H]1CCC(C)=C(C)C1. The summed E-state index contributed by atoms with van der Waals surface area (Å²) in [6, 6.07) is 0. The van der Waals surface area contributed by atoms with Gasteiger partial charge in [0.1, 0.15) is 0 Å². The lowest BCUT2D eigenvalue weighted by molar-refractivity contribution is -0.145. The monoisotopic (exact) mass is 168 g/mol. The molecule has 0 radical (unpaired) electrons. The van der Waals surface area contributed by atoms with Gasteiger partial charge < -0.3 is 4.74 Å². The largest absolute Gasteiger partial charge is 0.469 e. The number of allylic oxidation sites excluding steroid dienone is 2. The van der Waals surface area contributed by atoms with Crippen LogP contribution in [0.3, 0.4) is 0 Å². The summed E-state index contributed by atoms with van der Waals surface area (Å²) >= 11 is 0. The molecule has 0 N–H and O–H groups in total. The van der Waals surface area contributed by atoms with Gasteiger partial charge in [0.25, 0.3) is 0 Å². The third kappa shape index (κ3) is 1.87. The molecule has 2 heteroatoms. The number of hydrogen-bond donors (Lipinski definition) is 0. The lowest BCUT2D eigenvalue weighted by Gasteiger charge is -2.21. The molecule has 0 heterocycles. The molecule has 2 nitrogen and oxygen atoms in total. The smallest absolute Gasteiger partial charge is 0.308 e. The predicted octanol–water partition coefficient (Wildman–Crippen LogP) is 2.30. The van der Waals surface area contributed by atoms with Gasteiger partial charge in [-0.25, -0.2) is 0 Å². The maximum atomic E-state index is 11.2. The summed E-state index contributed by atoms with van der Waals surface area (Å²) in [6.07, 6.45) is 2.89. The molecular weight excluding hydrogens is 152 g/mol. The van der Waals surface area contributed by atoms with E-state index in [9.17, 15) is 4.79 Å².